The van der Waals surface area contributed by atoms with Gasteiger partial charge >= 0.3 is 0 Å². The Morgan fingerprint density at radius 2 is 1.88 bits per heavy atom. The van der Waals surface area contributed by atoms with Crippen molar-refractivity contribution in [1.82, 2.24) is 14.5 Å². The van der Waals surface area contributed by atoms with Crippen LogP contribution in [0.3, 0.4) is 0 Å². The molecule has 0 saturated carbocycles. The van der Waals surface area contributed by atoms with Gasteiger partial charge in [0.2, 0.25) is 0 Å². The number of imidazole rings is 1. The van der Waals surface area contributed by atoms with Crippen LogP contribution in [0.2, 0.25) is 10.0 Å². The van der Waals surface area contributed by atoms with Gasteiger partial charge in [0.1, 0.15) is 11.5 Å². The number of carbonyl (C=O) groups excluding carboxylic acids is 2. The standard InChI is InChI=1S/C24H21Cl2N3O4/c1-33-19-8-5-16(13-18(19)26)22(30)20-21(15-3-6-17(25)7-4-15)29(24(32)23(20)31)11-2-10-28-12-9-27-14-28/h3-9,12-14,21,30H,2,10-11H2,1H3/b22-20-. The maximum absolute atomic E-state index is 13.1. The summed E-state index contributed by atoms with van der Waals surface area (Å²) < 4.78 is 7.06. The lowest BCUT2D eigenvalue weighted by Crippen LogP contribution is -2.31. The van der Waals surface area contributed by atoms with Crippen molar-refractivity contribution in [3.8, 4) is 5.75 Å². The predicted octanol–water partition coefficient (Wildman–Crippen LogP) is 4.71. The van der Waals surface area contributed by atoms with Crippen LogP contribution < -0.4 is 4.74 Å². The number of rotatable bonds is 7. The zero-order valence-corrected chi connectivity index (χ0v) is 19.3. The molecule has 170 valence electrons. The number of benzene rings is 2. The summed E-state index contributed by atoms with van der Waals surface area (Å²) >= 11 is 12.3. The molecule has 2 heterocycles. The Bertz CT molecular complexity index is 1210. The minimum absolute atomic E-state index is 0.00573. The average Bonchev–Trinajstić information content (AvgIpc) is 3.41. The number of amides is 1. The Morgan fingerprint density at radius 1 is 1.12 bits per heavy atom. The number of aliphatic hydroxyl groups is 1. The van der Waals surface area contributed by atoms with Crippen LogP contribution in [-0.4, -0.2) is 44.9 Å². The van der Waals surface area contributed by atoms with E-state index in [9.17, 15) is 14.7 Å². The van der Waals surface area contributed by atoms with E-state index in [2.05, 4.69) is 4.98 Å². The second kappa shape index (κ2) is 9.68. The van der Waals surface area contributed by atoms with Crippen LogP contribution >= 0.6 is 23.2 Å². The first-order valence-corrected chi connectivity index (χ1v) is 11.0. The Hall–Kier alpha value is -3.29. The van der Waals surface area contributed by atoms with Gasteiger partial charge in [0, 0.05) is 36.1 Å². The van der Waals surface area contributed by atoms with Crippen LogP contribution in [0.5, 0.6) is 5.75 Å². The van der Waals surface area contributed by atoms with Gasteiger partial charge in [-0.05, 0) is 42.3 Å². The van der Waals surface area contributed by atoms with Crippen molar-refractivity contribution in [2.24, 2.45) is 0 Å². The van der Waals surface area contributed by atoms with Gasteiger partial charge in [0.15, 0.2) is 0 Å². The number of ether oxygens (including phenoxy) is 1. The molecule has 0 radical (unpaired) electrons. The number of aryl methyl sites for hydroxylation is 1. The molecule has 1 amide bonds. The third-order valence-electron chi connectivity index (χ3n) is 5.53. The molecule has 1 atom stereocenters. The number of hydrogen-bond acceptors (Lipinski definition) is 5. The largest absolute Gasteiger partial charge is 0.507 e. The Morgan fingerprint density at radius 3 is 2.52 bits per heavy atom. The summed E-state index contributed by atoms with van der Waals surface area (Å²) in [7, 11) is 1.48. The first kappa shape index (κ1) is 22.9. The van der Waals surface area contributed by atoms with Gasteiger partial charge in [-0.3, -0.25) is 9.59 Å². The zero-order chi connectivity index (χ0) is 23.5. The molecule has 1 N–H and O–H groups in total. The van der Waals surface area contributed by atoms with Crippen molar-refractivity contribution in [2.75, 3.05) is 13.7 Å². The van der Waals surface area contributed by atoms with E-state index in [1.807, 2.05) is 10.8 Å². The molecular weight excluding hydrogens is 465 g/mol. The van der Waals surface area contributed by atoms with Crippen molar-refractivity contribution >= 4 is 40.7 Å². The molecule has 1 aromatic heterocycles. The van der Waals surface area contributed by atoms with Gasteiger partial charge in [-0.2, -0.15) is 0 Å². The summed E-state index contributed by atoms with van der Waals surface area (Å²) in [6.45, 7) is 0.945. The molecule has 0 spiro atoms. The Labute approximate surface area is 200 Å². The quantitative estimate of drug-likeness (QED) is 0.297. The fourth-order valence-corrected chi connectivity index (χ4v) is 4.30. The summed E-state index contributed by atoms with van der Waals surface area (Å²) in [5.41, 5.74) is 0.991. The van der Waals surface area contributed by atoms with Crippen LogP contribution in [0.25, 0.3) is 5.76 Å². The number of carbonyl (C=O) groups is 2. The number of likely N-dealkylation sites (tertiary alicyclic amines) is 1. The number of ketones is 1. The molecule has 3 aromatic rings. The van der Waals surface area contributed by atoms with Gasteiger partial charge in [-0.25, -0.2) is 4.98 Å². The lowest BCUT2D eigenvalue weighted by Gasteiger charge is -2.25. The minimum atomic E-state index is -0.758. The molecule has 1 aliphatic rings. The number of hydrogen-bond donors (Lipinski definition) is 1. The molecule has 1 aliphatic heterocycles. The zero-order valence-electron chi connectivity index (χ0n) is 17.7. The maximum atomic E-state index is 13.1. The highest BCUT2D eigenvalue weighted by atomic mass is 35.5. The molecule has 1 fully saturated rings. The van der Waals surface area contributed by atoms with E-state index in [1.165, 1.54) is 18.1 Å². The molecule has 1 unspecified atom stereocenters. The number of halogens is 2. The summed E-state index contributed by atoms with van der Waals surface area (Å²) in [5, 5.41) is 11.9. The van der Waals surface area contributed by atoms with E-state index in [0.29, 0.717) is 41.4 Å². The van der Waals surface area contributed by atoms with Gasteiger partial charge < -0.3 is 19.3 Å². The third kappa shape index (κ3) is 4.60. The monoisotopic (exact) mass is 485 g/mol. The van der Waals surface area contributed by atoms with Crippen molar-refractivity contribution < 1.29 is 19.4 Å². The Kier molecular flexibility index (Phi) is 6.72. The van der Waals surface area contributed by atoms with Gasteiger partial charge in [-0.15, -0.1) is 0 Å². The number of aliphatic hydroxyl groups excluding tert-OH is 1. The summed E-state index contributed by atoms with van der Waals surface area (Å²) in [4.78, 5) is 31.6. The van der Waals surface area contributed by atoms with Gasteiger partial charge in [0.25, 0.3) is 11.7 Å². The lowest BCUT2D eigenvalue weighted by molar-refractivity contribution is -0.139. The lowest BCUT2D eigenvalue weighted by atomic mass is 9.95. The van der Waals surface area contributed by atoms with Crippen LogP contribution in [0, 0.1) is 0 Å². The highest BCUT2D eigenvalue weighted by molar-refractivity contribution is 6.46. The molecule has 1 saturated heterocycles. The summed E-state index contributed by atoms with van der Waals surface area (Å²) in [6, 6.07) is 10.8. The van der Waals surface area contributed by atoms with E-state index < -0.39 is 17.7 Å². The summed E-state index contributed by atoms with van der Waals surface area (Å²) in [5.74, 6) is -1.28. The van der Waals surface area contributed by atoms with Gasteiger partial charge in [0.05, 0.1) is 30.1 Å². The predicted molar refractivity (Wildman–Crippen MR) is 125 cm³/mol. The molecule has 7 nitrogen and oxygen atoms in total. The number of nitrogens with zero attached hydrogens (tertiary/aromatic N) is 3. The third-order valence-corrected chi connectivity index (χ3v) is 6.07. The van der Waals surface area contributed by atoms with Gasteiger partial charge in [-0.1, -0.05) is 35.3 Å². The minimum Gasteiger partial charge on any atom is -0.507 e. The van der Waals surface area contributed by atoms with Crippen molar-refractivity contribution in [3.63, 3.8) is 0 Å². The molecule has 0 aliphatic carbocycles. The smallest absolute Gasteiger partial charge is 0.295 e. The highest BCUT2D eigenvalue weighted by Gasteiger charge is 2.45. The molecule has 0 bridgehead atoms. The molecular formula is C24H21Cl2N3O4. The van der Waals surface area contributed by atoms with E-state index >= 15 is 0 Å². The van der Waals surface area contributed by atoms with Crippen LogP contribution in [0.4, 0.5) is 0 Å². The Balaban J connectivity index is 1.74. The second-order valence-electron chi connectivity index (χ2n) is 7.55. The highest BCUT2D eigenvalue weighted by Crippen LogP contribution is 2.40. The second-order valence-corrected chi connectivity index (χ2v) is 8.39. The van der Waals surface area contributed by atoms with Crippen LogP contribution in [0.15, 0.2) is 66.8 Å². The number of Topliss-reactive ketones (excluding diaryl/α,β-unsaturated/α-hetero) is 1. The average molecular weight is 486 g/mol. The van der Waals surface area contributed by atoms with Crippen LogP contribution in [-0.2, 0) is 16.1 Å². The maximum Gasteiger partial charge on any atom is 0.295 e. The molecule has 9 heteroatoms. The van der Waals surface area contributed by atoms with E-state index in [1.54, 1.807) is 48.9 Å². The number of aromatic nitrogens is 2. The first-order chi connectivity index (χ1) is 15.9. The summed E-state index contributed by atoms with van der Waals surface area (Å²) in [6.07, 6.45) is 5.80. The van der Waals surface area contributed by atoms with E-state index in [4.69, 9.17) is 27.9 Å². The molecule has 4 rings (SSSR count). The fourth-order valence-electron chi connectivity index (χ4n) is 3.91. The first-order valence-electron chi connectivity index (χ1n) is 10.2. The SMILES string of the molecule is COc1ccc(/C(O)=C2/C(=O)C(=O)N(CCCn3ccnc3)C2c2ccc(Cl)cc2)cc1Cl. The molecule has 33 heavy (non-hydrogen) atoms. The normalized spacial score (nSPS) is 17.5. The van der Waals surface area contributed by atoms with Crippen molar-refractivity contribution in [2.45, 2.75) is 19.0 Å². The number of methoxy groups -OCH3 is 1. The van der Waals surface area contributed by atoms with Crippen molar-refractivity contribution in [3.05, 3.63) is 87.9 Å². The van der Waals surface area contributed by atoms with E-state index in [0.717, 1.165) is 0 Å². The molecule has 2 aromatic carbocycles. The topological polar surface area (TPSA) is 84.7 Å². The van der Waals surface area contributed by atoms with Crippen LogP contribution in [0.1, 0.15) is 23.6 Å². The van der Waals surface area contributed by atoms with E-state index in [-0.39, 0.29) is 16.4 Å². The fraction of sp³-hybridized carbons (Fsp3) is 0.208. The van der Waals surface area contributed by atoms with Crippen molar-refractivity contribution in [1.29, 1.82) is 0 Å².